The van der Waals surface area contributed by atoms with Crippen LogP contribution in [0.15, 0.2) is 47.4 Å². The van der Waals surface area contributed by atoms with Gasteiger partial charge in [-0.05, 0) is 48.7 Å². The summed E-state index contributed by atoms with van der Waals surface area (Å²) < 4.78 is 46.2. The first-order chi connectivity index (χ1) is 13.8. The maximum Gasteiger partial charge on any atom is 0.338 e. The molecular weight excluding hydrogens is 399 g/mol. The fraction of sp³-hybridized carbons (Fsp3) is 0.300. The Bertz CT molecular complexity index is 1020. The lowest BCUT2D eigenvalue weighted by atomic mass is 10.1. The summed E-state index contributed by atoms with van der Waals surface area (Å²) >= 11 is 0. The van der Waals surface area contributed by atoms with Crippen LogP contribution in [-0.2, 0) is 21.4 Å². The highest BCUT2D eigenvalue weighted by molar-refractivity contribution is 7.89. The molecule has 9 heteroatoms. The van der Waals surface area contributed by atoms with Crippen LogP contribution in [0.4, 0.5) is 4.39 Å². The molecule has 29 heavy (non-hydrogen) atoms. The van der Waals surface area contributed by atoms with Crippen molar-refractivity contribution in [3.05, 3.63) is 65.0 Å². The summed E-state index contributed by atoms with van der Waals surface area (Å²) in [5, 5.41) is 0. The van der Waals surface area contributed by atoms with Gasteiger partial charge in [0, 0.05) is 18.7 Å². The van der Waals surface area contributed by atoms with Gasteiger partial charge in [-0.2, -0.15) is 4.31 Å². The maximum absolute atomic E-state index is 14.2. The van der Waals surface area contributed by atoms with Crippen molar-refractivity contribution >= 4 is 21.9 Å². The first-order valence-electron chi connectivity index (χ1n) is 9.14. The van der Waals surface area contributed by atoms with E-state index in [4.69, 9.17) is 10.5 Å². The van der Waals surface area contributed by atoms with Crippen LogP contribution < -0.4 is 5.73 Å². The van der Waals surface area contributed by atoms with E-state index in [2.05, 4.69) is 0 Å². The Labute approximate surface area is 168 Å². The SMILES string of the molecule is NC(=O)c1ccc(COC(=O)c2ccc(F)c(S(=O)(=O)N3CCCCC3)c2)cc1. The summed E-state index contributed by atoms with van der Waals surface area (Å²) in [6, 6.07) is 9.34. The second-order valence-corrected chi connectivity index (χ2v) is 8.65. The van der Waals surface area contributed by atoms with Crippen molar-refractivity contribution in [3.8, 4) is 0 Å². The number of halogens is 1. The van der Waals surface area contributed by atoms with E-state index in [1.54, 1.807) is 12.1 Å². The molecule has 7 nitrogen and oxygen atoms in total. The molecule has 0 radical (unpaired) electrons. The van der Waals surface area contributed by atoms with Crippen LogP contribution in [0, 0.1) is 5.82 Å². The molecule has 2 aromatic rings. The number of hydrogen-bond acceptors (Lipinski definition) is 5. The molecule has 1 heterocycles. The highest BCUT2D eigenvalue weighted by Crippen LogP contribution is 2.24. The molecule has 3 rings (SSSR count). The highest BCUT2D eigenvalue weighted by Gasteiger charge is 2.29. The standard InChI is InChI=1S/C20H21FN2O5S/c21-17-9-8-16(12-18(17)29(26,27)23-10-2-1-3-11-23)20(25)28-13-14-4-6-15(7-5-14)19(22)24/h4-9,12H,1-3,10-11,13H2,(H2,22,24). The third kappa shape index (κ3) is 4.80. The van der Waals surface area contributed by atoms with E-state index in [9.17, 15) is 22.4 Å². The van der Waals surface area contributed by atoms with Gasteiger partial charge in [0.25, 0.3) is 0 Å². The second-order valence-electron chi connectivity index (χ2n) is 6.75. The van der Waals surface area contributed by atoms with Gasteiger partial charge in [-0.3, -0.25) is 4.79 Å². The topological polar surface area (TPSA) is 107 Å². The maximum atomic E-state index is 14.2. The molecule has 154 valence electrons. The number of ether oxygens (including phenoxy) is 1. The number of benzene rings is 2. The first kappa shape index (κ1) is 20.9. The quantitative estimate of drug-likeness (QED) is 0.723. The van der Waals surface area contributed by atoms with Gasteiger partial charge in [0.2, 0.25) is 15.9 Å². The molecule has 0 aromatic heterocycles. The number of carbonyl (C=O) groups is 2. The number of nitrogens with two attached hydrogens (primary N) is 1. The van der Waals surface area contributed by atoms with E-state index >= 15 is 0 Å². The average molecular weight is 420 g/mol. The van der Waals surface area contributed by atoms with Gasteiger partial charge in [-0.25, -0.2) is 17.6 Å². The number of hydrogen-bond donors (Lipinski definition) is 1. The second kappa shape index (κ2) is 8.71. The van der Waals surface area contributed by atoms with E-state index in [0.717, 1.165) is 31.4 Å². The van der Waals surface area contributed by atoms with Crippen molar-refractivity contribution < 1.29 is 27.1 Å². The Kier molecular flexibility index (Phi) is 6.29. The minimum Gasteiger partial charge on any atom is -0.457 e. The van der Waals surface area contributed by atoms with Crippen LogP contribution in [-0.4, -0.2) is 37.7 Å². The molecule has 1 amide bonds. The van der Waals surface area contributed by atoms with E-state index in [0.29, 0.717) is 24.2 Å². The highest BCUT2D eigenvalue weighted by atomic mass is 32.2. The molecule has 1 aliphatic heterocycles. The Hall–Kier alpha value is -2.78. The van der Waals surface area contributed by atoms with Crippen molar-refractivity contribution in [1.29, 1.82) is 0 Å². The van der Waals surface area contributed by atoms with Crippen LogP contribution in [0.25, 0.3) is 0 Å². The smallest absolute Gasteiger partial charge is 0.338 e. The minimum atomic E-state index is -4.02. The monoisotopic (exact) mass is 420 g/mol. The van der Waals surface area contributed by atoms with E-state index in [-0.39, 0.29) is 12.2 Å². The predicted octanol–water partition coefficient (Wildman–Crippen LogP) is 2.46. The van der Waals surface area contributed by atoms with Crippen LogP contribution >= 0.6 is 0 Å². The van der Waals surface area contributed by atoms with Gasteiger partial charge >= 0.3 is 5.97 Å². The number of esters is 1. The summed E-state index contributed by atoms with van der Waals surface area (Å²) in [7, 11) is -4.02. The molecule has 1 fully saturated rings. The zero-order valence-electron chi connectivity index (χ0n) is 15.6. The number of piperidine rings is 1. The third-order valence-electron chi connectivity index (χ3n) is 4.71. The zero-order valence-corrected chi connectivity index (χ0v) is 16.5. The largest absolute Gasteiger partial charge is 0.457 e. The Morgan fingerprint density at radius 1 is 1.00 bits per heavy atom. The molecule has 0 atom stereocenters. The Balaban J connectivity index is 1.74. The summed E-state index contributed by atoms with van der Waals surface area (Å²) in [5.41, 5.74) is 6.05. The number of sulfonamides is 1. The lowest BCUT2D eigenvalue weighted by Gasteiger charge is -2.26. The zero-order chi connectivity index (χ0) is 21.0. The van der Waals surface area contributed by atoms with Gasteiger partial charge in [0.05, 0.1) is 5.56 Å². The third-order valence-corrected chi connectivity index (χ3v) is 6.62. The van der Waals surface area contributed by atoms with Gasteiger partial charge in [0.15, 0.2) is 0 Å². The first-order valence-corrected chi connectivity index (χ1v) is 10.6. The molecule has 0 bridgehead atoms. The van der Waals surface area contributed by atoms with Gasteiger partial charge < -0.3 is 10.5 Å². The van der Waals surface area contributed by atoms with Crippen LogP contribution in [0.3, 0.4) is 0 Å². The average Bonchev–Trinajstić information content (AvgIpc) is 2.73. The lowest BCUT2D eigenvalue weighted by molar-refractivity contribution is 0.0472. The number of amides is 1. The van der Waals surface area contributed by atoms with Crippen LogP contribution in [0.1, 0.15) is 45.5 Å². The molecule has 0 unspecified atom stereocenters. The summed E-state index contributed by atoms with van der Waals surface area (Å²) in [6.07, 6.45) is 2.37. The molecular formula is C20H21FN2O5S. The number of nitrogens with zero attached hydrogens (tertiary/aromatic N) is 1. The van der Waals surface area contributed by atoms with Crippen molar-refractivity contribution in [2.45, 2.75) is 30.8 Å². The molecule has 2 N–H and O–H groups in total. The molecule has 1 aliphatic rings. The normalized spacial score (nSPS) is 15.1. The summed E-state index contributed by atoms with van der Waals surface area (Å²) in [5.74, 6) is -2.25. The van der Waals surface area contributed by atoms with Crippen molar-refractivity contribution in [2.24, 2.45) is 5.73 Å². The van der Waals surface area contributed by atoms with Gasteiger partial charge in [-0.15, -0.1) is 0 Å². The fourth-order valence-corrected chi connectivity index (χ4v) is 4.68. The molecule has 1 saturated heterocycles. The molecule has 0 saturated carbocycles. The summed E-state index contributed by atoms with van der Waals surface area (Å²) in [6.45, 7) is 0.568. The fourth-order valence-electron chi connectivity index (χ4n) is 3.07. The number of primary amides is 1. The van der Waals surface area contributed by atoms with E-state index in [1.807, 2.05) is 0 Å². The summed E-state index contributed by atoms with van der Waals surface area (Å²) in [4.78, 5) is 22.9. The lowest BCUT2D eigenvalue weighted by Crippen LogP contribution is -2.36. The number of carbonyl (C=O) groups excluding carboxylic acids is 2. The Morgan fingerprint density at radius 3 is 2.24 bits per heavy atom. The van der Waals surface area contributed by atoms with E-state index in [1.165, 1.54) is 22.5 Å². The van der Waals surface area contributed by atoms with Crippen molar-refractivity contribution in [1.82, 2.24) is 4.31 Å². The molecule has 0 spiro atoms. The van der Waals surface area contributed by atoms with Crippen molar-refractivity contribution in [2.75, 3.05) is 13.1 Å². The number of rotatable bonds is 6. The van der Waals surface area contributed by atoms with Gasteiger partial charge in [-0.1, -0.05) is 18.6 Å². The minimum absolute atomic E-state index is 0.0595. The predicted molar refractivity (Wildman–Crippen MR) is 103 cm³/mol. The molecule has 0 aliphatic carbocycles. The van der Waals surface area contributed by atoms with Gasteiger partial charge in [0.1, 0.15) is 17.3 Å². The van der Waals surface area contributed by atoms with Crippen LogP contribution in [0.5, 0.6) is 0 Å². The molecule has 2 aromatic carbocycles. The van der Waals surface area contributed by atoms with E-state index < -0.39 is 32.6 Å². The Morgan fingerprint density at radius 2 is 1.62 bits per heavy atom. The van der Waals surface area contributed by atoms with Crippen molar-refractivity contribution in [3.63, 3.8) is 0 Å². The van der Waals surface area contributed by atoms with Crippen LogP contribution in [0.2, 0.25) is 0 Å².